The van der Waals surface area contributed by atoms with E-state index in [2.05, 4.69) is 11.3 Å². The summed E-state index contributed by atoms with van der Waals surface area (Å²) in [5.41, 5.74) is 0. The third-order valence-electron chi connectivity index (χ3n) is 0.333. The van der Waals surface area contributed by atoms with Crippen LogP contribution in [-0.2, 0) is 15.1 Å². The van der Waals surface area contributed by atoms with E-state index in [0.717, 1.165) is 13.2 Å². The number of aliphatic hydroxyl groups excluding tert-OH is 1. The molecule has 9 heteroatoms. The second kappa shape index (κ2) is 15.9. The van der Waals surface area contributed by atoms with Gasteiger partial charge < -0.3 is 15.3 Å². The Hall–Kier alpha value is 0.490. The van der Waals surface area contributed by atoms with Crippen LogP contribution in [0.25, 0.3) is 0 Å². The van der Waals surface area contributed by atoms with Crippen LogP contribution in [0, 0.1) is 0 Å². The van der Waals surface area contributed by atoms with Crippen LogP contribution in [0.1, 0.15) is 0 Å². The maximum absolute atomic E-state index is 8.74. The molecule has 1 rings (SSSR count). The van der Waals surface area contributed by atoms with Gasteiger partial charge in [0.25, 0.3) is 0 Å². The molecule has 1 fully saturated rings. The van der Waals surface area contributed by atoms with Crippen molar-refractivity contribution in [3.8, 4) is 0 Å². The Kier molecular flexibility index (Phi) is 27.3. The molecule has 0 radical (unpaired) electrons. The Morgan fingerprint density at radius 2 is 1.50 bits per heavy atom. The molecule has 0 saturated carbocycles. The number of aliphatic hydroxyl groups is 1. The van der Waals surface area contributed by atoms with E-state index in [-0.39, 0.29) is 41.6 Å². The Bertz CT molecular complexity index is 178. The van der Waals surface area contributed by atoms with E-state index >= 15 is 0 Å². The van der Waals surface area contributed by atoms with E-state index in [1.54, 1.807) is 0 Å². The molecular formula is C5H15NaO7S. The summed E-state index contributed by atoms with van der Waals surface area (Å²) >= 11 is 0. The van der Waals surface area contributed by atoms with Gasteiger partial charge in [0.2, 0.25) is 0 Å². The molecule has 7 nitrogen and oxygen atoms in total. The van der Waals surface area contributed by atoms with Crippen LogP contribution in [-0.4, -0.2) is 77.5 Å². The fourth-order valence-corrected chi connectivity index (χ4v) is 0. The fourth-order valence-electron chi connectivity index (χ4n) is 0. The van der Waals surface area contributed by atoms with Crippen LogP contribution in [0.2, 0.25) is 0 Å². The van der Waals surface area contributed by atoms with Gasteiger partial charge in [-0.1, -0.05) is 6.08 Å². The van der Waals surface area contributed by atoms with Crippen molar-refractivity contribution in [3.05, 3.63) is 12.7 Å². The van der Waals surface area contributed by atoms with Crippen molar-refractivity contribution in [1.82, 2.24) is 0 Å². The predicted octanol–water partition coefficient (Wildman–Crippen LogP) is -1.94. The van der Waals surface area contributed by atoms with Gasteiger partial charge in [0, 0.05) is 0 Å². The van der Waals surface area contributed by atoms with Gasteiger partial charge in [0.1, 0.15) is 0 Å². The van der Waals surface area contributed by atoms with E-state index in [4.69, 9.17) is 22.6 Å². The minimum atomic E-state index is -4.67. The SMILES string of the molecule is C1CO1.C=CCO.O.O=S(=O)(O)O.[NaH]. The average Bonchev–Trinajstić information content (AvgIpc) is 2.67. The molecule has 0 aromatic heterocycles. The zero-order chi connectivity index (χ0) is 10.0. The van der Waals surface area contributed by atoms with Crippen molar-refractivity contribution in [1.29, 1.82) is 0 Å². The number of epoxide rings is 1. The molecule has 1 aliphatic heterocycles. The van der Waals surface area contributed by atoms with Crippen molar-refractivity contribution in [3.63, 3.8) is 0 Å². The van der Waals surface area contributed by atoms with Crippen molar-refractivity contribution in [2.45, 2.75) is 0 Å². The Labute approximate surface area is 105 Å². The standard InChI is InChI=1S/C3H6O.C2H4O.Na.H2O4S.H2O.H/c1-2-3-4;1-2-3-1;;1-5(2,3)4;;/h2,4H,1,3H2;1-2H2;;(H2,1,2,3,4);1H2;. The van der Waals surface area contributed by atoms with Gasteiger partial charge in [-0.2, -0.15) is 8.42 Å². The summed E-state index contributed by atoms with van der Waals surface area (Å²) in [5, 5.41) is 7.76. The van der Waals surface area contributed by atoms with Crippen LogP contribution in [0.3, 0.4) is 0 Å². The zero-order valence-electron chi connectivity index (χ0n) is 6.88. The molecule has 0 aromatic carbocycles. The number of rotatable bonds is 1. The summed E-state index contributed by atoms with van der Waals surface area (Å²) in [6.07, 6.45) is 1.43. The second-order valence-electron chi connectivity index (χ2n) is 1.53. The van der Waals surface area contributed by atoms with Crippen molar-refractivity contribution in [2.24, 2.45) is 0 Å². The van der Waals surface area contributed by atoms with E-state index in [1.807, 2.05) is 0 Å². The van der Waals surface area contributed by atoms with E-state index in [1.165, 1.54) is 6.08 Å². The molecule has 1 aliphatic rings. The first-order valence-electron chi connectivity index (χ1n) is 2.91. The van der Waals surface area contributed by atoms with Crippen LogP contribution in [0.5, 0.6) is 0 Å². The Morgan fingerprint density at radius 1 is 1.36 bits per heavy atom. The maximum atomic E-state index is 8.74. The third kappa shape index (κ3) is 266. The first-order valence-corrected chi connectivity index (χ1v) is 4.31. The molecule has 0 aromatic rings. The van der Waals surface area contributed by atoms with E-state index < -0.39 is 10.4 Å². The zero-order valence-corrected chi connectivity index (χ0v) is 7.70. The topological polar surface area (TPSA) is 139 Å². The average molecular weight is 242 g/mol. The fraction of sp³-hybridized carbons (Fsp3) is 0.600. The Balaban J connectivity index is -0.0000000509. The summed E-state index contributed by atoms with van der Waals surface area (Å²) in [6, 6.07) is 0. The van der Waals surface area contributed by atoms with Crippen LogP contribution >= 0.6 is 0 Å². The van der Waals surface area contributed by atoms with Gasteiger partial charge in [0.15, 0.2) is 0 Å². The van der Waals surface area contributed by atoms with Gasteiger partial charge >= 0.3 is 40.0 Å². The minimum absolute atomic E-state index is 0. The van der Waals surface area contributed by atoms with Crippen LogP contribution in [0.4, 0.5) is 0 Å². The van der Waals surface area contributed by atoms with Crippen molar-refractivity contribution < 1.29 is 32.8 Å². The summed E-state index contributed by atoms with van der Waals surface area (Å²) < 4.78 is 36.1. The first-order chi connectivity index (χ1) is 5.41. The number of hydrogen-bond donors (Lipinski definition) is 3. The predicted molar refractivity (Wildman–Crippen MR) is 53.0 cm³/mol. The van der Waals surface area contributed by atoms with Gasteiger partial charge in [-0.15, -0.1) is 6.58 Å². The van der Waals surface area contributed by atoms with E-state index in [9.17, 15) is 0 Å². The molecule has 0 atom stereocenters. The quantitative estimate of drug-likeness (QED) is 0.211. The summed E-state index contributed by atoms with van der Waals surface area (Å²) in [5.74, 6) is 0. The molecule has 5 N–H and O–H groups in total. The van der Waals surface area contributed by atoms with Gasteiger partial charge in [-0.3, -0.25) is 9.11 Å². The van der Waals surface area contributed by atoms with E-state index in [0.29, 0.717) is 0 Å². The summed E-state index contributed by atoms with van der Waals surface area (Å²) in [4.78, 5) is 0. The van der Waals surface area contributed by atoms with Crippen molar-refractivity contribution in [2.75, 3.05) is 19.8 Å². The number of hydrogen-bond acceptors (Lipinski definition) is 4. The first kappa shape index (κ1) is 24.0. The molecule has 1 saturated heterocycles. The third-order valence-corrected chi connectivity index (χ3v) is 0.333. The molecule has 14 heavy (non-hydrogen) atoms. The summed E-state index contributed by atoms with van der Waals surface area (Å²) in [6.45, 7) is 5.31. The molecular weight excluding hydrogens is 227 g/mol. The summed E-state index contributed by atoms with van der Waals surface area (Å²) in [7, 11) is -4.67. The van der Waals surface area contributed by atoms with Crippen LogP contribution < -0.4 is 0 Å². The normalized spacial score (nSPS) is 11.1. The van der Waals surface area contributed by atoms with Gasteiger partial charge in [-0.25, -0.2) is 0 Å². The molecule has 1 heterocycles. The molecule has 84 valence electrons. The van der Waals surface area contributed by atoms with Crippen molar-refractivity contribution >= 4 is 40.0 Å². The molecule has 0 spiro atoms. The van der Waals surface area contributed by atoms with Gasteiger partial charge in [0.05, 0.1) is 19.8 Å². The molecule has 0 aliphatic carbocycles. The van der Waals surface area contributed by atoms with Gasteiger partial charge in [-0.05, 0) is 0 Å². The molecule has 0 unspecified atom stereocenters. The number of ether oxygens (including phenoxy) is 1. The molecule has 0 amide bonds. The monoisotopic (exact) mass is 242 g/mol. The van der Waals surface area contributed by atoms with Crippen LogP contribution in [0.15, 0.2) is 12.7 Å². The second-order valence-corrected chi connectivity index (χ2v) is 2.43. The molecule has 0 bridgehead atoms. The Morgan fingerprint density at radius 3 is 1.50 bits per heavy atom.